The third kappa shape index (κ3) is 4.99. The van der Waals surface area contributed by atoms with Crippen LogP contribution in [0, 0.1) is 17.6 Å². The quantitative estimate of drug-likeness (QED) is 0.666. The van der Waals surface area contributed by atoms with Crippen LogP contribution in [0.5, 0.6) is 0 Å². The first-order valence-corrected chi connectivity index (χ1v) is 13.3. The average molecular weight is 470 g/mol. The van der Waals surface area contributed by atoms with Crippen LogP contribution in [0.3, 0.4) is 0 Å². The van der Waals surface area contributed by atoms with Crippen molar-refractivity contribution in [3.8, 4) is 0 Å². The smallest absolute Gasteiger partial charge is 0.257 e. The molecule has 3 fully saturated rings. The van der Waals surface area contributed by atoms with Crippen molar-refractivity contribution in [2.45, 2.75) is 63.5 Å². The summed E-state index contributed by atoms with van der Waals surface area (Å²) >= 11 is 0. The van der Waals surface area contributed by atoms with Gasteiger partial charge in [-0.05, 0) is 50.7 Å². The maximum atomic E-state index is 14.0. The van der Waals surface area contributed by atoms with E-state index in [9.17, 15) is 22.0 Å². The minimum absolute atomic E-state index is 0.147. The molecule has 32 heavy (non-hydrogen) atoms. The van der Waals surface area contributed by atoms with Crippen molar-refractivity contribution < 1.29 is 22.0 Å². The van der Waals surface area contributed by atoms with E-state index in [1.807, 2.05) is 6.92 Å². The van der Waals surface area contributed by atoms with Crippen molar-refractivity contribution >= 4 is 15.9 Å². The second-order valence-electron chi connectivity index (χ2n) is 9.69. The van der Waals surface area contributed by atoms with Gasteiger partial charge in [0.25, 0.3) is 5.91 Å². The van der Waals surface area contributed by atoms with Crippen LogP contribution in [-0.2, 0) is 10.0 Å². The van der Waals surface area contributed by atoms with Crippen molar-refractivity contribution in [2.75, 3.05) is 31.9 Å². The lowest BCUT2D eigenvalue weighted by Gasteiger charge is -2.51. The number of halogens is 2. The van der Waals surface area contributed by atoms with E-state index in [0.29, 0.717) is 32.1 Å². The molecule has 2 saturated carbocycles. The zero-order valence-electron chi connectivity index (χ0n) is 18.7. The minimum atomic E-state index is -3.26. The number of carbonyl (C=O) groups is 1. The summed E-state index contributed by atoms with van der Waals surface area (Å²) in [5.41, 5.74) is -0.876. The van der Waals surface area contributed by atoms with E-state index in [4.69, 9.17) is 0 Å². The fourth-order valence-electron chi connectivity index (χ4n) is 5.33. The molecule has 1 atom stereocenters. The van der Waals surface area contributed by atoms with E-state index in [1.165, 1.54) is 6.07 Å². The molecule has 178 valence electrons. The van der Waals surface area contributed by atoms with Gasteiger partial charge in [-0.1, -0.05) is 25.3 Å². The van der Waals surface area contributed by atoms with Gasteiger partial charge in [0.1, 0.15) is 17.2 Å². The lowest BCUT2D eigenvalue weighted by Crippen LogP contribution is -2.64. The summed E-state index contributed by atoms with van der Waals surface area (Å²) in [6.07, 6.45) is 6.88. The molecule has 0 spiro atoms. The number of benzene rings is 1. The molecule has 1 aromatic carbocycles. The Morgan fingerprint density at radius 3 is 2.38 bits per heavy atom. The molecule has 1 heterocycles. The summed E-state index contributed by atoms with van der Waals surface area (Å²) in [5.74, 6) is -1.94. The van der Waals surface area contributed by atoms with Crippen LogP contribution in [0.25, 0.3) is 0 Å². The fraction of sp³-hybridized carbons (Fsp3) is 0.696. The van der Waals surface area contributed by atoms with Gasteiger partial charge < -0.3 is 5.32 Å². The van der Waals surface area contributed by atoms with Crippen LogP contribution in [0.2, 0.25) is 0 Å². The van der Waals surface area contributed by atoms with Gasteiger partial charge in [0, 0.05) is 37.8 Å². The zero-order valence-corrected chi connectivity index (χ0v) is 19.5. The van der Waals surface area contributed by atoms with Crippen LogP contribution in [0.15, 0.2) is 18.2 Å². The fourth-order valence-corrected chi connectivity index (χ4v) is 7.42. The van der Waals surface area contributed by atoms with Gasteiger partial charge in [-0.3, -0.25) is 9.69 Å². The molecule has 0 radical (unpaired) electrons. The molecule has 4 rings (SSSR count). The molecule has 2 aliphatic carbocycles. The topological polar surface area (TPSA) is 69.7 Å². The highest BCUT2D eigenvalue weighted by Gasteiger charge is 2.44. The number of nitrogens with zero attached hydrogens (tertiary/aromatic N) is 2. The first-order valence-electron chi connectivity index (χ1n) is 11.7. The van der Waals surface area contributed by atoms with E-state index < -0.39 is 33.1 Å². The molecule has 0 aromatic heterocycles. The Kier molecular flexibility index (Phi) is 6.89. The highest BCUT2D eigenvalue weighted by Crippen LogP contribution is 2.36. The number of hydrogen-bond donors (Lipinski definition) is 1. The maximum absolute atomic E-state index is 14.0. The Hall–Kier alpha value is -1.58. The van der Waals surface area contributed by atoms with Crippen LogP contribution < -0.4 is 5.32 Å². The van der Waals surface area contributed by atoms with E-state index >= 15 is 0 Å². The van der Waals surface area contributed by atoms with Crippen molar-refractivity contribution in [3.05, 3.63) is 35.4 Å². The van der Waals surface area contributed by atoms with E-state index in [2.05, 4.69) is 10.2 Å². The lowest BCUT2D eigenvalue weighted by molar-refractivity contribution is 0.00774. The maximum Gasteiger partial charge on any atom is 0.257 e. The van der Waals surface area contributed by atoms with Crippen molar-refractivity contribution in [1.82, 2.24) is 14.5 Å². The molecule has 0 bridgehead atoms. The number of hydrogen-bond acceptors (Lipinski definition) is 4. The SMILES string of the molecule is CC1CN(C2(CNC(=O)c3c(F)cccc3F)CCCCC2)CCN1S(=O)(=O)CC1CC1. The van der Waals surface area contributed by atoms with E-state index in [-0.39, 0.29) is 17.3 Å². The number of rotatable bonds is 7. The molecule has 1 saturated heterocycles. The predicted octanol–water partition coefficient (Wildman–Crippen LogP) is 3.14. The molecule has 9 heteroatoms. The molecule has 1 N–H and O–H groups in total. The normalized spacial score (nSPS) is 24.9. The average Bonchev–Trinajstić information content (AvgIpc) is 3.56. The van der Waals surface area contributed by atoms with E-state index in [0.717, 1.165) is 57.1 Å². The third-order valence-electron chi connectivity index (χ3n) is 7.29. The second kappa shape index (κ2) is 9.35. The summed E-state index contributed by atoms with van der Waals surface area (Å²) in [4.78, 5) is 14.9. The Morgan fingerprint density at radius 1 is 1.12 bits per heavy atom. The van der Waals surface area contributed by atoms with Crippen LogP contribution in [-0.4, -0.2) is 67.0 Å². The van der Waals surface area contributed by atoms with Gasteiger partial charge in [-0.15, -0.1) is 0 Å². The predicted molar refractivity (Wildman–Crippen MR) is 119 cm³/mol. The van der Waals surface area contributed by atoms with Crippen LogP contribution >= 0.6 is 0 Å². The van der Waals surface area contributed by atoms with Crippen LogP contribution in [0.4, 0.5) is 8.78 Å². The van der Waals surface area contributed by atoms with E-state index in [1.54, 1.807) is 4.31 Å². The molecular weight excluding hydrogens is 436 g/mol. The van der Waals surface area contributed by atoms with Crippen molar-refractivity contribution in [2.24, 2.45) is 5.92 Å². The largest absolute Gasteiger partial charge is 0.350 e. The Morgan fingerprint density at radius 2 is 1.78 bits per heavy atom. The minimum Gasteiger partial charge on any atom is -0.350 e. The van der Waals surface area contributed by atoms with Gasteiger partial charge in [0.05, 0.1) is 5.75 Å². The summed E-state index contributed by atoms with van der Waals surface area (Å²) < 4.78 is 55.4. The Bertz CT molecular complexity index is 926. The van der Waals surface area contributed by atoms with Crippen molar-refractivity contribution in [1.29, 1.82) is 0 Å². The molecule has 1 aliphatic heterocycles. The molecule has 1 unspecified atom stereocenters. The van der Waals surface area contributed by atoms with Gasteiger partial charge in [0.15, 0.2) is 0 Å². The first kappa shape index (κ1) is 23.6. The Balaban J connectivity index is 1.45. The summed E-state index contributed by atoms with van der Waals surface area (Å²) in [7, 11) is -3.26. The number of amides is 1. The van der Waals surface area contributed by atoms with Crippen molar-refractivity contribution in [3.63, 3.8) is 0 Å². The standard InChI is InChI=1S/C23H33F2N3O3S/c1-17-14-27(12-13-28(17)32(30,31)15-18-8-9-18)23(10-3-2-4-11-23)16-26-22(29)21-19(24)6-5-7-20(21)25/h5-7,17-18H,2-4,8-16H2,1H3,(H,26,29). The highest BCUT2D eigenvalue weighted by atomic mass is 32.2. The van der Waals surface area contributed by atoms with Gasteiger partial charge in [-0.2, -0.15) is 4.31 Å². The molecule has 6 nitrogen and oxygen atoms in total. The number of carbonyl (C=O) groups excluding carboxylic acids is 1. The summed E-state index contributed by atoms with van der Waals surface area (Å²) in [6.45, 7) is 3.86. The molecule has 3 aliphatic rings. The number of nitrogens with one attached hydrogen (secondary N) is 1. The first-order chi connectivity index (χ1) is 15.2. The van der Waals surface area contributed by atoms with Gasteiger partial charge >= 0.3 is 0 Å². The van der Waals surface area contributed by atoms with Gasteiger partial charge in [0.2, 0.25) is 10.0 Å². The van der Waals surface area contributed by atoms with Gasteiger partial charge in [-0.25, -0.2) is 17.2 Å². The highest BCUT2D eigenvalue weighted by molar-refractivity contribution is 7.89. The van der Waals surface area contributed by atoms with Crippen LogP contribution in [0.1, 0.15) is 62.2 Å². The molecule has 1 aromatic rings. The number of sulfonamides is 1. The molecular formula is C23H33F2N3O3S. The monoisotopic (exact) mass is 469 g/mol. The second-order valence-corrected chi connectivity index (χ2v) is 11.7. The number of piperazine rings is 1. The zero-order chi connectivity index (χ0) is 22.9. The lowest BCUT2D eigenvalue weighted by atomic mass is 9.79. The third-order valence-corrected chi connectivity index (χ3v) is 9.44. The summed E-state index contributed by atoms with van der Waals surface area (Å²) in [5, 5.41) is 2.79. The molecule has 1 amide bonds. The summed E-state index contributed by atoms with van der Waals surface area (Å²) in [6, 6.07) is 3.25. The Labute approximate surface area is 189 Å².